The van der Waals surface area contributed by atoms with E-state index in [2.05, 4.69) is 10.2 Å². The predicted molar refractivity (Wildman–Crippen MR) is 92.0 cm³/mol. The fraction of sp³-hybridized carbons (Fsp3) is 0.737. The lowest BCUT2D eigenvalue weighted by Crippen LogP contribution is -2.48. The van der Waals surface area contributed by atoms with Crippen molar-refractivity contribution in [3.63, 3.8) is 0 Å². The van der Waals surface area contributed by atoms with Gasteiger partial charge in [0.05, 0.1) is 18.6 Å². The second-order valence-electron chi connectivity index (χ2n) is 7.50. The smallest absolute Gasteiger partial charge is 0.249 e. The predicted octanol–water partition coefficient (Wildman–Crippen LogP) is 1.94. The third kappa shape index (κ3) is 4.07. The van der Waals surface area contributed by atoms with Crippen LogP contribution < -0.4 is 5.32 Å². The molecule has 0 aliphatic carbocycles. The highest BCUT2D eigenvalue weighted by Crippen LogP contribution is 2.32. The number of furan rings is 1. The van der Waals surface area contributed by atoms with E-state index in [1.807, 2.05) is 12.3 Å². The quantitative estimate of drug-likeness (QED) is 0.881. The molecule has 1 N–H and O–H groups in total. The van der Waals surface area contributed by atoms with Crippen molar-refractivity contribution in [3.8, 4) is 0 Å². The topological polar surface area (TPSA) is 63.9 Å². The molecule has 4 rings (SSSR count). The normalized spacial score (nSPS) is 31.0. The van der Waals surface area contributed by atoms with Gasteiger partial charge in [0.15, 0.2) is 0 Å². The lowest BCUT2D eigenvalue weighted by Gasteiger charge is -2.35. The van der Waals surface area contributed by atoms with Crippen LogP contribution in [0.2, 0.25) is 0 Å². The monoisotopic (exact) mass is 348 g/mol. The summed E-state index contributed by atoms with van der Waals surface area (Å²) in [4.78, 5) is 14.9. The van der Waals surface area contributed by atoms with E-state index >= 15 is 0 Å². The Hall–Kier alpha value is -1.37. The van der Waals surface area contributed by atoms with E-state index in [0.29, 0.717) is 12.0 Å². The minimum atomic E-state index is -0.282. The molecule has 0 bridgehead atoms. The van der Waals surface area contributed by atoms with Crippen molar-refractivity contribution < 1.29 is 18.7 Å². The molecule has 0 radical (unpaired) electrons. The van der Waals surface area contributed by atoms with Crippen LogP contribution in [0, 0.1) is 5.92 Å². The van der Waals surface area contributed by atoms with E-state index < -0.39 is 0 Å². The minimum absolute atomic E-state index is 0.0678. The molecule has 3 aliphatic rings. The van der Waals surface area contributed by atoms with E-state index in [4.69, 9.17) is 13.9 Å². The maximum Gasteiger partial charge on any atom is 0.249 e. The van der Waals surface area contributed by atoms with Gasteiger partial charge < -0.3 is 19.2 Å². The Morgan fingerprint density at radius 1 is 1.20 bits per heavy atom. The number of amides is 1. The molecular weight excluding hydrogens is 320 g/mol. The number of carbonyl (C=O) groups excluding carboxylic acids is 1. The Morgan fingerprint density at radius 3 is 2.88 bits per heavy atom. The summed E-state index contributed by atoms with van der Waals surface area (Å²) in [5.74, 6) is 0.615. The zero-order valence-electron chi connectivity index (χ0n) is 14.7. The average Bonchev–Trinajstić information content (AvgIpc) is 3.31. The fourth-order valence-electron chi connectivity index (χ4n) is 4.33. The van der Waals surface area contributed by atoms with Crippen LogP contribution in [0.25, 0.3) is 0 Å². The number of hydrogen-bond acceptors (Lipinski definition) is 5. The number of hydrogen-bond donors (Lipinski definition) is 1. The van der Waals surface area contributed by atoms with Gasteiger partial charge in [0.2, 0.25) is 5.91 Å². The lowest BCUT2D eigenvalue weighted by atomic mass is 9.97. The largest absolute Gasteiger partial charge is 0.472 e. The Bertz CT molecular complexity index is 556. The summed E-state index contributed by atoms with van der Waals surface area (Å²) in [6.07, 6.45) is 8.35. The van der Waals surface area contributed by atoms with Gasteiger partial charge in [0, 0.05) is 44.5 Å². The molecule has 6 nitrogen and oxygen atoms in total. The van der Waals surface area contributed by atoms with E-state index in [-0.39, 0.29) is 18.1 Å². The molecule has 3 aliphatic heterocycles. The zero-order valence-corrected chi connectivity index (χ0v) is 14.7. The molecule has 0 unspecified atom stereocenters. The van der Waals surface area contributed by atoms with E-state index in [9.17, 15) is 4.79 Å². The summed E-state index contributed by atoms with van der Waals surface area (Å²) in [6.45, 7) is 4.31. The summed E-state index contributed by atoms with van der Waals surface area (Å²) in [6, 6.07) is 2.44. The summed E-state index contributed by atoms with van der Waals surface area (Å²) in [5.41, 5.74) is 1.21. The van der Waals surface area contributed by atoms with Gasteiger partial charge in [0.25, 0.3) is 0 Å². The van der Waals surface area contributed by atoms with Crippen LogP contribution in [0.4, 0.5) is 0 Å². The maximum absolute atomic E-state index is 12.5. The molecule has 1 aromatic rings. The van der Waals surface area contributed by atoms with E-state index in [1.165, 1.54) is 5.56 Å². The highest BCUT2D eigenvalue weighted by atomic mass is 16.5. The van der Waals surface area contributed by atoms with Gasteiger partial charge in [-0.15, -0.1) is 0 Å². The number of likely N-dealkylation sites (tertiary alicyclic amines) is 1. The van der Waals surface area contributed by atoms with Gasteiger partial charge in [0.1, 0.15) is 6.10 Å². The third-order valence-electron chi connectivity index (χ3n) is 5.83. The molecule has 25 heavy (non-hydrogen) atoms. The first-order valence-electron chi connectivity index (χ1n) is 9.55. The molecule has 3 atom stereocenters. The van der Waals surface area contributed by atoms with Crippen molar-refractivity contribution in [1.82, 2.24) is 10.2 Å². The first-order chi connectivity index (χ1) is 12.3. The minimum Gasteiger partial charge on any atom is -0.472 e. The molecule has 4 heterocycles. The van der Waals surface area contributed by atoms with Crippen LogP contribution in [-0.2, 0) is 20.8 Å². The van der Waals surface area contributed by atoms with Crippen LogP contribution in [0.1, 0.15) is 37.7 Å². The second-order valence-corrected chi connectivity index (χ2v) is 7.50. The summed E-state index contributed by atoms with van der Waals surface area (Å²) in [5, 5.41) is 3.10. The number of rotatable bonds is 5. The van der Waals surface area contributed by atoms with Gasteiger partial charge in [-0.1, -0.05) is 0 Å². The lowest BCUT2D eigenvalue weighted by molar-refractivity contribution is -0.144. The maximum atomic E-state index is 12.5. The van der Waals surface area contributed by atoms with Gasteiger partial charge >= 0.3 is 0 Å². The molecule has 1 amide bonds. The number of nitrogens with one attached hydrogen (secondary N) is 1. The summed E-state index contributed by atoms with van der Waals surface area (Å²) >= 11 is 0. The molecular formula is C19H28N2O4. The first kappa shape index (κ1) is 17.1. The number of nitrogens with zero attached hydrogens (tertiary/aromatic N) is 1. The Labute approximate surface area is 148 Å². The third-order valence-corrected chi connectivity index (χ3v) is 5.83. The highest BCUT2D eigenvalue weighted by Gasteiger charge is 2.41. The molecule has 138 valence electrons. The standard InChI is InChI=1S/C19H28N2O4/c22-19(20-11-14-4-8-23-9-5-14)18-2-1-16-17(25-18)3-7-21(16)12-15-6-10-24-13-15/h6,10,13-14,16-18H,1-5,7-9,11-12H2,(H,20,22)/t16-,17-,18-/m0/s1. The van der Waals surface area contributed by atoms with Gasteiger partial charge in [-0.05, 0) is 44.1 Å². The highest BCUT2D eigenvalue weighted by molar-refractivity contribution is 5.80. The molecule has 1 aromatic heterocycles. The number of fused-ring (bicyclic) bond motifs is 1. The van der Waals surface area contributed by atoms with Crippen LogP contribution in [0.5, 0.6) is 0 Å². The van der Waals surface area contributed by atoms with Crippen LogP contribution in [-0.4, -0.2) is 55.4 Å². The Balaban J connectivity index is 1.24. The van der Waals surface area contributed by atoms with Crippen LogP contribution in [0.15, 0.2) is 23.0 Å². The molecule has 3 saturated heterocycles. The van der Waals surface area contributed by atoms with E-state index in [1.54, 1.807) is 6.26 Å². The number of carbonyl (C=O) groups is 1. The van der Waals surface area contributed by atoms with Crippen molar-refractivity contribution in [2.45, 2.75) is 56.9 Å². The summed E-state index contributed by atoms with van der Waals surface area (Å²) < 4.78 is 16.7. The van der Waals surface area contributed by atoms with E-state index in [0.717, 1.165) is 65.0 Å². The summed E-state index contributed by atoms with van der Waals surface area (Å²) in [7, 11) is 0. The Kier molecular flexibility index (Phi) is 5.39. The molecule has 0 saturated carbocycles. The second kappa shape index (κ2) is 7.89. The van der Waals surface area contributed by atoms with Gasteiger partial charge in [-0.2, -0.15) is 0 Å². The van der Waals surface area contributed by atoms with Crippen molar-refractivity contribution in [2.24, 2.45) is 5.92 Å². The van der Waals surface area contributed by atoms with Gasteiger partial charge in [-0.25, -0.2) is 0 Å². The molecule has 3 fully saturated rings. The van der Waals surface area contributed by atoms with Gasteiger partial charge in [-0.3, -0.25) is 9.69 Å². The van der Waals surface area contributed by atoms with Crippen molar-refractivity contribution >= 4 is 5.91 Å². The first-order valence-corrected chi connectivity index (χ1v) is 9.55. The Morgan fingerprint density at radius 2 is 2.08 bits per heavy atom. The molecule has 0 spiro atoms. The molecule has 6 heteroatoms. The van der Waals surface area contributed by atoms with Crippen LogP contribution >= 0.6 is 0 Å². The van der Waals surface area contributed by atoms with Crippen molar-refractivity contribution in [3.05, 3.63) is 24.2 Å². The fourth-order valence-corrected chi connectivity index (χ4v) is 4.33. The average molecular weight is 348 g/mol. The number of ether oxygens (including phenoxy) is 2. The zero-order chi connectivity index (χ0) is 17.1. The van der Waals surface area contributed by atoms with Crippen LogP contribution in [0.3, 0.4) is 0 Å². The van der Waals surface area contributed by atoms with Crippen molar-refractivity contribution in [1.29, 1.82) is 0 Å². The van der Waals surface area contributed by atoms with Crippen molar-refractivity contribution in [2.75, 3.05) is 26.3 Å². The SMILES string of the molecule is O=C(NCC1CCOCC1)[C@@H]1CC[C@H]2[C@H](CCN2Cc2ccoc2)O1. The molecule has 0 aromatic carbocycles.